The second-order valence-corrected chi connectivity index (χ2v) is 5.37. The van der Waals surface area contributed by atoms with Gasteiger partial charge in [-0.15, -0.1) is 0 Å². The fraction of sp³-hybridized carbons (Fsp3) is 0.600. The van der Waals surface area contributed by atoms with Crippen molar-refractivity contribution in [3.63, 3.8) is 0 Å². The third kappa shape index (κ3) is 1.67. The molecule has 1 heteroatoms. The summed E-state index contributed by atoms with van der Waals surface area (Å²) >= 11 is 0. The van der Waals surface area contributed by atoms with Gasteiger partial charge >= 0.3 is 0 Å². The SMILES string of the molecule is C[C@H](c1ccccc1)N1CC[C@H]2CCC[C@H]21. The van der Waals surface area contributed by atoms with Crippen LogP contribution in [-0.2, 0) is 0 Å². The van der Waals surface area contributed by atoms with Crippen LogP contribution in [0.1, 0.15) is 44.2 Å². The van der Waals surface area contributed by atoms with Crippen LogP contribution in [0.15, 0.2) is 30.3 Å². The number of likely N-dealkylation sites (tertiary alicyclic amines) is 1. The largest absolute Gasteiger partial charge is 0.293 e. The Hall–Kier alpha value is -0.820. The standard InChI is InChI=1S/C15H21N/c1-12(13-6-3-2-4-7-13)16-11-10-14-8-5-9-15(14)16/h2-4,6-7,12,14-15H,5,8-11H2,1H3/t12-,14-,15-/m1/s1. The number of rotatable bonds is 2. The van der Waals surface area contributed by atoms with Gasteiger partial charge in [0.25, 0.3) is 0 Å². The van der Waals surface area contributed by atoms with Crippen LogP contribution in [0.5, 0.6) is 0 Å². The molecule has 3 rings (SSSR count). The van der Waals surface area contributed by atoms with Crippen molar-refractivity contribution >= 4 is 0 Å². The van der Waals surface area contributed by atoms with Crippen LogP contribution in [0.25, 0.3) is 0 Å². The first-order chi connectivity index (χ1) is 7.86. The van der Waals surface area contributed by atoms with Crippen molar-refractivity contribution in [3.05, 3.63) is 35.9 Å². The lowest BCUT2D eigenvalue weighted by Gasteiger charge is -2.30. The molecule has 1 aromatic rings. The molecule has 0 aromatic heterocycles. The Bertz CT molecular complexity index is 346. The number of hydrogen-bond acceptors (Lipinski definition) is 1. The average molecular weight is 215 g/mol. The normalized spacial score (nSPS) is 31.6. The zero-order valence-electron chi connectivity index (χ0n) is 10.1. The van der Waals surface area contributed by atoms with Gasteiger partial charge in [-0.3, -0.25) is 4.90 Å². The van der Waals surface area contributed by atoms with Gasteiger partial charge in [0, 0.05) is 12.1 Å². The summed E-state index contributed by atoms with van der Waals surface area (Å²) in [5.41, 5.74) is 1.48. The van der Waals surface area contributed by atoms with Crippen LogP contribution in [0.4, 0.5) is 0 Å². The summed E-state index contributed by atoms with van der Waals surface area (Å²) in [5, 5.41) is 0. The predicted octanol–water partition coefficient (Wildman–Crippen LogP) is 3.62. The molecule has 3 atom stereocenters. The van der Waals surface area contributed by atoms with E-state index >= 15 is 0 Å². The number of benzene rings is 1. The van der Waals surface area contributed by atoms with E-state index in [4.69, 9.17) is 0 Å². The molecular weight excluding hydrogens is 194 g/mol. The van der Waals surface area contributed by atoms with Crippen LogP contribution < -0.4 is 0 Å². The van der Waals surface area contributed by atoms with Gasteiger partial charge in [0.15, 0.2) is 0 Å². The summed E-state index contributed by atoms with van der Waals surface area (Å²) in [5.74, 6) is 1.01. The van der Waals surface area contributed by atoms with E-state index in [0.717, 1.165) is 12.0 Å². The fourth-order valence-corrected chi connectivity index (χ4v) is 3.68. The van der Waals surface area contributed by atoms with E-state index in [0.29, 0.717) is 6.04 Å². The first kappa shape index (κ1) is 10.3. The Morgan fingerprint density at radius 3 is 2.75 bits per heavy atom. The molecule has 1 aliphatic heterocycles. The van der Waals surface area contributed by atoms with E-state index in [1.54, 1.807) is 0 Å². The molecule has 2 aliphatic rings. The molecule has 2 fully saturated rings. The quantitative estimate of drug-likeness (QED) is 0.728. The van der Waals surface area contributed by atoms with Crippen molar-refractivity contribution in [1.82, 2.24) is 4.90 Å². The molecule has 1 aromatic carbocycles. The van der Waals surface area contributed by atoms with E-state index in [1.165, 1.54) is 37.8 Å². The zero-order chi connectivity index (χ0) is 11.0. The minimum absolute atomic E-state index is 0.606. The summed E-state index contributed by atoms with van der Waals surface area (Å²) in [4.78, 5) is 2.74. The Kier molecular flexibility index (Phi) is 2.72. The molecule has 1 aliphatic carbocycles. The average Bonchev–Trinajstić information content (AvgIpc) is 2.91. The van der Waals surface area contributed by atoms with Gasteiger partial charge in [0.2, 0.25) is 0 Å². The van der Waals surface area contributed by atoms with Gasteiger partial charge in [0.05, 0.1) is 0 Å². The minimum Gasteiger partial charge on any atom is -0.293 e. The molecular formula is C15H21N. The van der Waals surface area contributed by atoms with Crippen LogP contribution in [0.2, 0.25) is 0 Å². The van der Waals surface area contributed by atoms with E-state index < -0.39 is 0 Å². The molecule has 16 heavy (non-hydrogen) atoms. The maximum Gasteiger partial charge on any atom is 0.0322 e. The van der Waals surface area contributed by atoms with Crippen molar-refractivity contribution in [2.45, 2.75) is 44.7 Å². The summed E-state index contributed by atoms with van der Waals surface area (Å²) in [7, 11) is 0. The molecule has 0 spiro atoms. The molecule has 1 saturated heterocycles. The molecule has 1 nitrogen and oxygen atoms in total. The van der Waals surface area contributed by atoms with Crippen molar-refractivity contribution in [2.75, 3.05) is 6.54 Å². The Morgan fingerprint density at radius 1 is 1.12 bits per heavy atom. The highest BCUT2D eigenvalue weighted by Crippen LogP contribution is 2.41. The second-order valence-electron chi connectivity index (χ2n) is 5.37. The van der Waals surface area contributed by atoms with Gasteiger partial charge in [-0.1, -0.05) is 36.8 Å². The van der Waals surface area contributed by atoms with Crippen LogP contribution in [0, 0.1) is 5.92 Å². The smallest absolute Gasteiger partial charge is 0.0322 e. The van der Waals surface area contributed by atoms with Gasteiger partial charge in [0.1, 0.15) is 0 Å². The van der Waals surface area contributed by atoms with Crippen molar-refractivity contribution in [3.8, 4) is 0 Å². The minimum atomic E-state index is 0.606. The Balaban J connectivity index is 1.78. The predicted molar refractivity (Wildman–Crippen MR) is 67.3 cm³/mol. The van der Waals surface area contributed by atoms with E-state index in [-0.39, 0.29) is 0 Å². The first-order valence-corrected chi connectivity index (χ1v) is 6.67. The van der Waals surface area contributed by atoms with Crippen molar-refractivity contribution in [1.29, 1.82) is 0 Å². The maximum atomic E-state index is 2.74. The molecule has 0 bridgehead atoms. The zero-order valence-corrected chi connectivity index (χ0v) is 10.1. The van der Waals surface area contributed by atoms with E-state index in [9.17, 15) is 0 Å². The summed E-state index contributed by atoms with van der Waals surface area (Å²) < 4.78 is 0. The van der Waals surface area contributed by atoms with Crippen molar-refractivity contribution < 1.29 is 0 Å². The highest BCUT2D eigenvalue weighted by atomic mass is 15.2. The molecule has 0 amide bonds. The lowest BCUT2D eigenvalue weighted by molar-refractivity contribution is 0.183. The van der Waals surface area contributed by atoms with Crippen molar-refractivity contribution in [2.24, 2.45) is 5.92 Å². The lowest BCUT2D eigenvalue weighted by Crippen LogP contribution is -2.32. The van der Waals surface area contributed by atoms with Crippen LogP contribution in [-0.4, -0.2) is 17.5 Å². The Morgan fingerprint density at radius 2 is 1.94 bits per heavy atom. The number of nitrogens with zero attached hydrogens (tertiary/aromatic N) is 1. The highest BCUT2D eigenvalue weighted by Gasteiger charge is 2.39. The maximum absolute atomic E-state index is 2.74. The summed E-state index contributed by atoms with van der Waals surface area (Å²) in [6.07, 6.45) is 5.79. The first-order valence-electron chi connectivity index (χ1n) is 6.67. The topological polar surface area (TPSA) is 3.24 Å². The molecule has 0 N–H and O–H groups in total. The van der Waals surface area contributed by atoms with Gasteiger partial charge in [-0.25, -0.2) is 0 Å². The van der Waals surface area contributed by atoms with E-state index in [1.807, 2.05) is 0 Å². The molecule has 1 saturated carbocycles. The van der Waals surface area contributed by atoms with E-state index in [2.05, 4.69) is 42.2 Å². The van der Waals surface area contributed by atoms with Crippen LogP contribution in [0.3, 0.4) is 0 Å². The third-order valence-electron chi connectivity index (χ3n) is 4.58. The number of fused-ring (bicyclic) bond motifs is 1. The van der Waals surface area contributed by atoms with Crippen LogP contribution >= 0.6 is 0 Å². The molecule has 0 radical (unpaired) electrons. The summed E-state index contributed by atoms with van der Waals surface area (Å²) in [6.45, 7) is 3.68. The van der Waals surface area contributed by atoms with Gasteiger partial charge in [-0.05, 0) is 44.2 Å². The molecule has 0 unspecified atom stereocenters. The lowest BCUT2D eigenvalue weighted by atomic mass is 10.0. The second kappa shape index (κ2) is 4.21. The molecule has 86 valence electrons. The highest BCUT2D eigenvalue weighted by molar-refractivity contribution is 5.19. The monoisotopic (exact) mass is 215 g/mol. The summed E-state index contributed by atoms with van der Waals surface area (Å²) in [6, 6.07) is 12.5. The number of hydrogen-bond donors (Lipinski definition) is 0. The van der Waals surface area contributed by atoms with Gasteiger partial charge in [-0.2, -0.15) is 0 Å². The Labute approximate surface area is 98.5 Å². The molecule has 1 heterocycles. The fourth-order valence-electron chi connectivity index (χ4n) is 3.68. The third-order valence-corrected chi connectivity index (χ3v) is 4.58. The van der Waals surface area contributed by atoms with Gasteiger partial charge < -0.3 is 0 Å².